The molecule has 4 heteroatoms. The van der Waals surface area contributed by atoms with E-state index in [4.69, 9.17) is 5.73 Å². The average Bonchev–Trinajstić information content (AvgIpc) is 2.52. The van der Waals surface area contributed by atoms with Gasteiger partial charge in [-0.3, -0.25) is 4.68 Å². The first-order valence-corrected chi connectivity index (χ1v) is 6.06. The van der Waals surface area contributed by atoms with Crippen LogP contribution in [-0.2, 0) is 13.5 Å². The van der Waals surface area contributed by atoms with Crippen molar-refractivity contribution in [3.63, 3.8) is 0 Å². The quantitative estimate of drug-likeness (QED) is 0.777. The van der Waals surface area contributed by atoms with E-state index in [9.17, 15) is 0 Å². The first kappa shape index (κ1) is 11.6. The lowest BCUT2D eigenvalue weighted by molar-refractivity contribution is 0.767. The van der Waals surface area contributed by atoms with Gasteiger partial charge < -0.3 is 5.73 Å². The summed E-state index contributed by atoms with van der Waals surface area (Å²) in [5.74, 6) is 1.16. The Bertz CT molecular complexity index is 260. The van der Waals surface area contributed by atoms with E-state index < -0.39 is 0 Å². The molecule has 1 unspecified atom stereocenters. The van der Waals surface area contributed by atoms with E-state index in [1.807, 2.05) is 29.7 Å². The van der Waals surface area contributed by atoms with Gasteiger partial charge in [-0.15, -0.1) is 0 Å². The summed E-state index contributed by atoms with van der Waals surface area (Å²) in [7, 11) is 1.95. The van der Waals surface area contributed by atoms with Crippen LogP contribution < -0.4 is 5.73 Å². The van der Waals surface area contributed by atoms with Crippen LogP contribution in [0.4, 0.5) is 0 Å². The van der Waals surface area contributed by atoms with Crippen LogP contribution >= 0.6 is 11.8 Å². The second kappa shape index (κ2) is 6.09. The Hall–Kier alpha value is -0.480. The number of hydrogen-bond donors (Lipinski definition) is 1. The van der Waals surface area contributed by atoms with Gasteiger partial charge in [-0.25, -0.2) is 0 Å². The van der Waals surface area contributed by atoms with E-state index in [1.54, 1.807) is 0 Å². The molecule has 14 heavy (non-hydrogen) atoms. The van der Waals surface area contributed by atoms with E-state index >= 15 is 0 Å². The Labute approximate surface area is 90.1 Å². The molecular formula is C10H19N3S. The van der Waals surface area contributed by atoms with Gasteiger partial charge in [0.2, 0.25) is 0 Å². The fourth-order valence-corrected chi connectivity index (χ4v) is 2.36. The molecule has 1 aromatic rings. The third-order valence-corrected chi connectivity index (χ3v) is 3.37. The van der Waals surface area contributed by atoms with Crippen LogP contribution in [0.1, 0.15) is 18.9 Å². The summed E-state index contributed by atoms with van der Waals surface area (Å²) in [6, 6.07) is 0. The molecule has 0 aliphatic rings. The van der Waals surface area contributed by atoms with Crippen molar-refractivity contribution in [2.75, 3.05) is 12.3 Å². The molecule has 0 aliphatic heterocycles. The Morgan fingerprint density at radius 2 is 2.43 bits per heavy atom. The fourth-order valence-electron chi connectivity index (χ4n) is 1.30. The van der Waals surface area contributed by atoms with Crippen LogP contribution in [0.5, 0.6) is 0 Å². The molecule has 0 saturated carbocycles. The van der Waals surface area contributed by atoms with E-state index in [-0.39, 0.29) is 0 Å². The molecule has 0 saturated heterocycles. The SMILES string of the molecule is CC(CCN)SCCc1cnn(C)c1. The summed E-state index contributed by atoms with van der Waals surface area (Å²) >= 11 is 1.99. The molecule has 1 heterocycles. The molecular weight excluding hydrogens is 194 g/mol. The maximum absolute atomic E-state index is 5.49. The minimum atomic E-state index is 0.677. The van der Waals surface area contributed by atoms with Gasteiger partial charge in [-0.05, 0) is 30.7 Å². The molecule has 3 nitrogen and oxygen atoms in total. The summed E-state index contributed by atoms with van der Waals surface area (Å²) in [6.07, 6.45) is 6.23. The van der Waals surface area contributed by atoms with E-state index in [0.717, 1.165) is 25.1 Å². The normalized spacial score (nSPS) is 13.1. The smallest absolute Gasteiger partial charge is 0.0521 e. The zero-order chi connectivity index (χ0) is 10.4. The number of nitrogens with zero attached hydrogens (tertiary/aromatic N) is 2. The Kier molecular flexibility index (Phi) is 5.04. The molecule has 0 spiro atoms. The highest BCUT2D eigenvalue weighted by atomic mass is 32.2. The van der Waals surface area contributed by atoms with Crippen LogP contribution in [0.3, 0.4) is 0 Å². The number of thioether (sulfide) groups is 1. The molecule has 1 aromatic heterocycles. The average molecular weight is 213 g/mol. The summed E-state index contributed by atoms with van der Waals surface area (Å²) < 4.78 is 1.85. The largest absolute Gasteiger partial charge is 0.330 e. The molecule has 0 bridgehead atoms. The third kappa shape index (κ3) is 4.15. The lowest BCUT2D eigenvalue weighted by Crippen LogP contribution is -2.07. The number of aryl methyl sites for hydroxylation is 2. The second-order valence-electron chi connectivity index (χ2n) is 3.53. The van der Waals surface area contributed by atoms with Crippen molar-refractivity contribution in [1.29, 1.82) is 0 Å². The van der Waals surface area contributed by atoms with Crippen LogP contribution in [0.2, 0.25) is 0 Å². The number of nitrogens with two attached hydrogens (primary N) is 1. The highest BCUT2D eigenvalue weighted by molar-refractivity contribution is 7.99. The number of rotatable bonds is 6. The van der Waals surface area contributed by atoms with Crippen LogP contribution in [0, 0.1) is 0 Å². The van der Waals surface area contributed by atoms with E-state index in [1.165, 1.54) is 5.56 Å². The summed E-state index contributed by atoms with van der Waals surface area (Å²) in [4.78, 5) is 0. The Morgan fingerprint density at radius 1 is 1.64 bits per heavy atom. The van der Waals surface area contributed by atoms with Gasteiger partial charge in [0.05, 0.1) is 6.20 Å². The summed E-state index contributed by atoms with van der Waals surface area (Å²) in [5, 5.41) is 4.82. The highest BCUT2D eigenvalue weighted by Crippen LogP contribution is 2.14. The molecule has 0 fully saturated rings. The minimum absolute atomic E-state index is 0.677. The van der Waals surface area contributed by atoms with Crippen LogP contribution in [-0.4, -0.2) is 27.3 Å². The molecule has 0 amide bonds. The monoisotopic (exact) mass is 213 g/mol. The molecule has 1 rings (SSSR count). The Balaban J connectivity index is 2.15. The first-order valence-electron chi connectivity index (χ1n) is 5.01. The molecule has 80 valence electrons. The highest BCUT2D eigenvalue weighted by Gasteiger charge is 2.02. The van der Waals surface area contributed by atoms with Crippen molar-refractivity contribution in [2.45, 2.75) is 25.0 Å². The van der Waals surface area contributed by atoms with Gasteiger partial charge in [0.1, 0.15) is 0 Å². The molecule has 1 atom stereocenters. The summed E-state index contributed by atoms with van der Waals surface area (Å²) in [5.41, 5.74) is 6.81. The predicted octanol–water partition coefficient (Wildman–Crippen LogP) is 1.43. The van der Waals surface area contributed by atoms with E-state index in [2.05, 4.69) is 18.2 Å². The fraction of sp³-hybridized carbons (Fsp3) is 0.700. The van der Waals surface area contributed by atoms with Gasteiger partial charge >= 0.3 is 0 Å². The summed E-state index contributed by atoms with van der Waals surface area (Å²) in [6.45, 7) is 3.03. The zero-order valence-corrected chi connectivity index (χ0v) is 9.76. The molecule has 0 aliphatic carbocycles. The Morgan fingerprint density at radius 3 is 3.00 bits per heavy atom. The van der Waals surface area contributed by atoms with Crippen LogP contribution in [0.25, 0.3) is 0 Å². The van der Waals surface area contributed by atoms with Gasteiger partial charge in [0.15, 0.2) is 0 Å². The van der Waals surface area contributed by atoms with Gasteiger partial charge in [-0.1, -0.05) is 6.92 Å². The lowest BCUT2D eigenvalue weighted by atomic mass is 10.3. The standard InChI is InChI=1S/C10H19N3S/c1-9(3-5-11)14-6-4-10-7-12-13(2)8-10/h7-9H,3-6,11H2,1-2H3. The topological polar surface area (TPSA) is 43.8 Å². The molecule has 2 N–H and O–H groups in total. The molecule has 0 aromatic carbocycles. The van der Waals surface area contributed by atoms with Gasteiger partial charge in [-0.2, -0.15) is 16.9 Å². The number of hydrogen-bond acceptors (Lipinski definition) is 3. The number of aromatic nitrogens is 2. The zero-order valence-electron chi connectivity index (χ0n) is 8.94. The maximum Gasteiger partial charge on any atom is 0.0521 e. The first-order chi connectivity index (χ1) is 6.72. The van der Waals surface area contributed by atoms with Gasteiger partial charge in [0, 0.05) is 18.5 Å². The molecule has 0 radical (unpaired) electrons. The van der Waals surface area contributed by atoms with Crippen LogP contribution in [0.15, 0.2) is 12.4 Å². The van der Waals surface area contributed by atoms with E-state index in [0.29, 0.717) is 5.25 Å². The van der Waals surface area contributed by atoms with Crippen molar-refractivity contribution < 1.29 is 0 Å². The van der Waals surface area contributed by atoms with Crippen molar-refractivity contribution in [3.8, 4) is 0 Å². The third-order valence-electron chi connectivity index (χ3n) is 2.12. The lowest BCUT2D eigenvalue weighted by Gasteiger charge is -2.08. The minimum Gasteiger partial charge on any atom is -0.330 e. The van der Waals surface area contributed by atoms with Crippen molar-refractivity contribution >= 4 is 11.8 Å². The van der Waals surface area contributed by atoms with Crippen molar-refractivity contribution in [2.24, 2.45) is 12.8 Å². The van der Waals surface area contributed by atoms with Crippen molar-refractivity contribution in [1.82, 2.24) is 9.78 Å². The second-order valence-corrected chi connectivity index (χ2v) is 5.08. The van der Waals surface area contributed by atoms with Crippen molar-refractivity contribution in [3.05, 3.63) is 18.0 Å². The maximum atomic E-state index is 5.49. The van der Waals surface area contributed by atoms with Gasteiger partial charge in [0.25, 0.3) is 0 Å². The predicted molar refractivity (Wildman–Crippen MR) is 62.5 cm³/mol.